The van der Waals surface area contributed by atoms with Crippen molar-refractivity contribution in [2.24, 2.45) is 13.0 Å². The van der Waals surface area contributed by atoms with Crippen LogP contribution in [0.1, 0.15) is 12.8 Å². The van der Waals surface area contributed by atoms with Crippen molar-refractivity contribution in [2.75, 3.05) is 18.5 Å². The van der Waals surface area contributed by atoms with Gasteiger partial charge < -0.3 is 14.6 Å². The Labute approximate surface area is 144 Å². The zero-order valence-corrected chi connectivity index (χ0v) is 14.4. The number of aryl methyl sites for hydroxylation is 1. The van der Waals surface area contributed by atoms with Gasteiger partial charge in [-0.15, -0.1) is 0 Å². The maximum atomic E-state index is 12.0. The van der Waals surface area contributed by atoms with Crippen molar-refractivity contribution in [3.63, 3.8) is 0 Å². The highest BCUT2D eigenvalue weighted by Gasteiger charge is 2.21. The molecule has 0 saturated heterocycles. The van der Waals surface area contributed by atoms with Crippen LogP contribution >= 0.6 is 23.4 Å². The lowest BCUT2D eigenvalue weighted by Crippen LogP contribution is -2.19. The highest BCUT2D eigenvalue weighted by Crippen LogP contribution is 2.34. The van der Waals surface area contributed by atoms with E-state index in [1.807, 2.05) is 23.9 Å². The van der Waals surface area contributed by atoms with Crippen LogP contribution in [-0.4, -0.2) is 28.7 Å². The Morgan fingerprint density at radius 3 is 3.04 bits per heavy atom. The lowest BCUT2D eigenvalue weighted by Gasteiger charge is -2.11. The largest absolute Gasteiger partial charge is 0.371 e. The number of anilines is 1. The van der Waals surface area contributed by atoms with Gasteiger partial charge in [0.05, 0.1) is 12.3 Å². The summed E-state index contributed by atoms with van der Waals surface area (Å²) in [6, 6.07) is 5.42. The number of nitrogens with one attached hydrogen (secondary N) is 1. The molecule has 1 amide bonds. The number of rotatable bonds is 7. The fourth-order valence-corrected chi connectivity index (χ4v) is 3.07. The first-order valence-electron chi connectivity index (χ1n) is 7.44. The zero-order chi connectivity index (χ0) is 16.2. The number of imidazole rings is 1. The number of nitrogens with zero attached hydrogens (tertiary/aromatic N) is 2. The average molecular weight is 352 g/mol. The number of ether oxygens (including phenoxy) is 1. The molecule has 0 aliphatic heterocycles. The van der Waals surface area contributed by atoms with Crippen molar-refractivity contribution in [1.82, 2.24) is 9.55 Å². The SMILES string of the molecule is Cn1ccnc1Sc1ccc(Cl)cc1NC(=O)COCC1CC1. The van der Waals surface area contributed by atoms with Gasteiger partial charge in [0.1, 0.15) is 6.61 Å². The Bertz CT molecular complexity index is 700. The molecule has 1 heterocycles. The van der Waals surface area contributed by atoms with Crippen molar-refractivity contribution in [2.45, 2.75) is 22.9 Å². The van der Waals surface area contributed by atoms with Crippen molar-refractivity contribution in [1.29, 1.82) is 0 Å². The van der Waals surface area contributed by atoms with Crippen molar-refractivity contribution < 1.29 is 9.53 Å². The molecule has 1 aromatic carbocycles. The van der Waals surface area contributed by atoms with Crippen LogP contribution in [0.3, 0.4) is 0 Å². The van der Waals surface area contributed by atoms with E-state index in [1.165, 1.54) is 24.6 Å². The van der Waals surface area contributed by atoms with Gasteiger partial charge in [-0.3, -0.25) is 4.79 Å². The summed E-state index contributed by atoms with van der Waals surface area (Å²) < 4.78 is 7.34. The van der Waals surface area contributed by atoms with Crippen LogP contribution in [0.5, 0.6) is 0 Å². The normalized spacial score (nSPS) is 14.0. The first kappa shape index (κ1) is 16.4. The Balaban J connectivity index is 1.65. The fraction of sp³-hybridized carbons (Fsp3) is 0.375. The Morgan fingerprint density at radius 1 is 1.52 bits per heavy atom. The minimum Gasteiger partial charge on any atom is -0.371 e. The second-order valence-corrected chi connectivity index (χ2v) is 7.02. The van der Waals surface area contributed by atoms with Crippen LogP contribution in [-0.2, 0) is 16.6 Å². The van der Waals surface area contributed by atoms with E-state index in [4.69, 9.17) is 16.3 Å². The van der Waals surface area contributed by atoms with E-state index in [0.29, 0.717) is 23.2 Å². The average Bonchev–Trinajstić information content (AvgIpc) is 3.24. The molecule has 1 aromatic heterocycles. The van der Waals surface area contributed by atoms with Crippen LogP contribution in [0.4, 0.5) is 5.69 Å². The molecule has 0 bridgehead atoms. The number of amides is 1. The van der Waals surface area contributed by atoms with E-state index in [9.17, 15) is 4.79 Å². The van der Waals surface area contributed by atoms with Crippen molar-refractivity contribution >= 4 is 35.0 Å². The summed E-state index contributed by atoms with van der Waals surface area (Å²) in [6.45, 7) is 0.730. The summed E-state index contributed by atoms with van der Waals surface area (Å²) in [7, 11) is 1.93. The standard InChI is InChI=1S/C16H18ClN3O2S/c1-20-7-6-18-16(20)23-14-5-4-12(17)8-13(14)19-15(21)10-22-9-11-2-3-11/h4-8,11H,2-3,9-10H2,1H3,(H,19,21). The minimum atomic E-state index is -0.172. The van der Waals surface area contributed by atoms with Gasteiger partial charge in [0.25, 0.3) is 0 Å². The molecule has 23 heavy (non-hydrogen) atoms. The maximum absolute atomic E-state index is 12.0. The second kappa shape index (κ2) is 7.38. The first-order chi connectivity index (χ1) is 11.1. The van der Waals surface area contributed by atoms with Gasteiger partial charge in [0.2, 0.25) is 5.91 Å². The summed E-state index contributed by atoms with van der Waals surface area (Å²) in [5.74, 6) is 0.470. The molecule has 1 N–H and O–H groups in total. The molecule has 5 nitrogen and oxygen atoms in total. The molecule has 0 atom stereocenters. The third kappa shape index (κ3) is 4.73. The maximum Gasteiger partial charge on any atom is 0.250 e. The van der Waals surface area contributed by atoms with Gasteiger partial charge >= 0.3 is 0 Å². The number of halogens is 1. The summed E-state index contributed by atoms with van der Waals surface area (Å²) in [6.07, 6.45) is 6.03. The second-order valence-electron chi connectivity index (χ2n) is 5.57. The number of carbonyl (C=O) groups is 1. The predicted molar refractivity (Wildman–Crippen MR) is 91.0 cm³/mol. The summed E-state index contributed by atoms with van der Waals surface area (Å²) in [4.78, 5) is 17.2. The quantitative estimate of drug-likeness (QED) is 0.828. The van der Waals surface area contributed by atoms with Gasteiger partial charge in [-0.25, -0.2) is 4.98 Å². The molecular weight excluding hydrogens is 334 g/mol. The molecule has 1 aliphatic carbocycles. The molecule has 7 heteroatoms. The van der Waals surface area contributed by atoms with Crippen LogP contribution in [0.25, 0.3) is 0 Å². The van der Waals surface area contributed by atoms with Gasteiger partial charge in [-0.1, -0.05) is 11.6 Å². The topological polar surface area (TPSA) is 56.2 Å². The Hall–Kier alpha value is -1.50. The number of hydrogen-bond acceptors (Lipinski definition) is 4. The van der Waals surface area contributed by atoms with E-state index in [1.54, 1.807) is 18.3 Å². The third-order valence-electron chi connectivity index (χ3n) is 3.48. The van der Waals surface area contributed by atoms with Crippen LogP contribution < -0.4 is 5.32 Å². The van der Waals surface area contributed by atoms with Crippen LogP contribution in [0, 0.1) is 5.92 Å². The highest BCUT2D eigenvalue weighted by molar-refractivity contribution is 7.99. The smallest absolute Gasteiger partial charge is 0.250 e. The lowest BCUT2D eigenvalue weighted by atomic mass is 10.3. The fourth-order valence-electron chi connectivity index (χ4n) is 2.03. The van der Waals surface area contributed by atoms with Crippen LogP contribution in [0.2, 0.25) is 5.02 Å². The molecule has 1 saturated carbocycles. The monoisotopic (exact) mass is 351 g/mol. The zero-order valence-electron chi connectivity index (χ0n) is 12.8. The molecule has 2 aromatic rings. The van der Waals surface area contributed by atoms with Gasteiger partial charge in [0.15, 0.2) is 5.16 Å². The van der Waals surface area contributed by atoms with Crippen molar-refractivity contribution in [3.05, 3.63) is 35.6 Å². The lowest BCUT2D eigenvalue weighted by molar-refractivity contribution is -0.120. The number of hydrogen-bond donors (Lipinski definition) is 1. The molecule has 3 rings (SSSR count). The summed E-state index contributed by atoms with van der Waals surface area (Å²) in [5.41, 5.74) is 0.672. The van der Waals surface area contributed by atoms with Gasteiger partial charge in [-0.05, 0) is 48.7 Å². The number of carbonyl (C=O) groups excluding carboxylic acids is 1. The number of benzene rings is 1. The molecule has 0 radical (unpaired) electrons. The molecule has 1 aliphatic rings. The number of aromatic nitrogens is 2. The summed E-state index contributed by atoms with van der Waals surface area (Å²) in [5, 5.41) is 4.28. The Morgan fingerprint density at radius 2 is 2.35 bits per heavy atom. The van der Waals surface area contributed by atoms with Crippen molar-refractivity contribution in [3.8, 4) is 0 Å². The van der Waals surface area contributed by atoms with E-state index in [0.717, 1.165) is 10.1 Å². The molecule has 0 spiro atoms. The molecular formula is C16H18ClN3O2S. The molecule has 122 valence electrons. The van der Waals surface area contributed by atoms with Gasteiger partial charge in [-0.2, -0.15) is 0 Å². The van der Waals surface area contributed by atoms with E-state index < -0.39 is 0 Å². The first-order valence-corrected chi connectivity index (χ1v) is 8.63. The van der Waals surface area contributed by atoms with E-state index in [2.05, 4.69) is 10.3 Å². The minimum absolute atomic E-state index is 0.0650. The third-order valence-corrected chi connectivity index (χ3v) is 4.86. The molecule has 0 unspecified atom stereocenters. The van der Waals surface area contributed by atoms with Crippen LogP contribution in [0.15, 0.2) is 40.6 Å². The summed E-state index contributed by atoms with van der Waals surface area (Å²) >= 11 is 7.53. The van der Waals surface area contributed by atoms with E-state index in [-0.39, 0.29) is 12.5 Å². The van der Waals surface area contributed by atoms with Gasteiger partial charge in [0, 0.05) is 29.4 Å². The Kier molecular flexibility index (Phi) is 5.25. The predicted octanol–water partition coefficient (Wildman–Crippen LogP) is 3.59. The van der Waals surface area contributed by atoms with E-state index >= 15 is 0 Å². The molecule has 1 fully saturated rings. The highest BCUT2D eigenvalue weighted by atomic mass is 35.5.